The number of anilines is 1. The first-order valence-corrected chi connectivity index (χ1v) is 7.96. The minimum atomic E-state index is -4.42. The third-order valence-corrected chi connectivity index (χ3v) is 3.68. The van der Waals surface area contributed by atoms with E-state index in [-0.39, 0.29) is 18.8 Å². The van der Waals surface area contributed by atoms with Crippen molar-refractivity contribution in [3.63, 3.8) is 0 Å². The van der Waals surface area contributed by atoms with E-state index in [1.54, 1.807) is 6.07 Å². The third-order valence-electron chi connectivity index (χ3n) is 3.68. The van der Waals surface area contributed by atoms with Gasteiger partial charge in [0.05, 0.1) is 24.0 Å². The van der Waals surface area contributed by atoms with Crippen molar-refractivity contribution in [3.8, 4) is 0 Å². The third kappa shape index (κ3) is 4.75. The van der Waals surface area contributed by atoms with Crippen LogP contribution in [0.1, 0.15) is 21.6 Å². The molecule has 2 aromatic heterocycles. The van der Waals surface area contributed by atoms with E-state index in [0.717, 1.165) is 12.1 Å². The van der Waals surface area contributed by atoms with Crippen LogP contribution < -0.4 is 5.32 Å². The molecule has 28 heavy (non-hydrogen) atoms. The number of alkyl halides is 3. The maximum Gasteiger partial charge on any atom is 0.416 e. The van der Waals surface area contributed by atoms with Gasteiger partial charge in [0.1, 0.15) is 6.54 Å². The molecule has 2 heterocycles. The Kier molecular flexibility index (Phi) is 5.16. The lowest BCUT2D eigenvalue weighted by Crippen LogP contribution is -2.19. The Bertz CT molecular complexity index is 1010. The molecular weight excluding hydrogens is 379 g/mol. The lowest BCUT2D eigenvalue weighted by atomic mass is 10.1. The summed E-state index contributed by atoms with van der Waals surface area (Å²) >= 11 is 0. The largest absolute Gasteiger partial charge is 0.476 e. The predicted octanol–water partition coefficient (Wildman–Crippen LogP) is 2.48. The Balaban J connectivity index is 1.61. The summed E-state index contributed by atoms with van der Waals surface area (Å²) in [5.74, 6) is -1.66. The Morgan fingerprint density at radius 2 is 1.96 bits per heavy atom. The number of nitrogens with one attached hydrogen (secondary N) is 1. The minimum Gasteiger partial charge on any atom is -0.476 e. The number of rotatable bonds is 6. The van der Waals surface area contributed by atoms with Crippen LogP contribution in [0.2, 0.25) is 0 Å². The van der Waals surface area contributed by atoms with Gasteiger partial charge in [0, 0.05) is 12.4 Å². The number of hydrogen-bond acceptors (Lipinski definition) is 4. The molecule has 11 heteroatoms. The van der Waals surface area contributed by atoms with Crippen LogP contribution in [0.5, 0.6) is 0 Å². The summed E-state index contributed by atoms with van der Waals surface area (Å²) in [6, 6.07) is 6.16. The molecule has 0 spiro atoms. The molecule has 2 N–H and O–H groups in total. The van der Waals surface area contributed by atoms with Gasteiger partial charge in [0.2, 0.25) is 5.91 Å². The maximum atomic E-state index is 12.8. The van der Waals surface area contributed by atoms with Crippen LogP contribution in [-0.2, 0) is 24.1 Å². The van der Waals surface area contributed by atoms with Crippen LogP contribution in [0.3, 0.4) is 0 Å². The fourth-order valence-corrected chi connectivity index (χ4v) is 2.46. The lowest BCUT2D eigenvalue weighted by Gasteiger charge is -2.08. The summed E-state index contributed by atoms with van der Waals surface area (Å²) in [6.07, 6.45) is -0.229. The van der Waals surface area contributed by atoms with Crippen LogP contribution in [0, 0.1) is 0 Å². The Labute approximate surface area is 156 Å². The van der Waals surface area contributed by atoms with E-state index in [1.165, 1.54) is 40.1 Å². The molecule has 0 saturated carbocycles. The minimum absolute atomic E-state index is 0.0981. The van der Waals surface area contributed by atoms with Crippen molar-refractivity contribution in [2.24, 2.45) is 0 Å². The fourth-order valence-electron chi connectivity index (χ4n) is 2.46. The van der Waals surface area contributed by atoms with Crippen molar-refractivity contribution >= 4 is 17.6 Å². The SMILES string of the molecule is O=C(Cn1ccc(C(=O)O)n1)Nc1cnn(Cc2cccc(C(F)(F)F)c2)c1. The second-order valence-corrected chi connectivity index (χ2v) is 5.88. The van der Waals surface area contributed by atoms with Gasteiger partial charge in [-0.05, 0) is 23.8 Å². The zero-order valence-electron chi connectivity index (χ0n) is 14.2. The standard InChI is InChI=1S/C17H14F3N5O3/c18-17(19,20)12-3-1-2-11(6-12)8-25-9-13(7-21-25)22-15(26)10-24-5-4-14(23-24)16(27)28/h1-7,9H,8,10H2,(H,22,26)(H,27,28). The van der Waals surface area contributed by atoms with Crippen molar-refractivity contribution < 1.29 is 27.9 Å². The topological polar surface area (TPSA) is 102 Å². The smallest absolute Gasteiger partial charge is 0.416 e. The first kappa shape index (κ1) is 19.1. The van der Waals surface area contributed by atoms with Crippen molar-refractivity contribution in [2.75, 3.05) is 5.32 Å². The van der Waals surface area contributed by atoms with Gasteiger partial charge in [0.25, 0.3) is 0 Å². The zero-order valence-corrected chi connectivity index (χ0v) is 14.2. The van der Waals surface area contributed by atoms with Gasteiger partial charge in [-0.2, -0.15) is 23.4 Å². The first-order valence-electron chi connectivity index (χ1n) is 7.96. The highest BCUT2D eigenvalue weighted by Gasteiger charge is 2.30. The number of benzene rings is 1. The summed E-state index contributed by atoms with van der Waals surface area (Å²) in [5, 5.41) is 19.1. The molecule has 0 aliphatic rings. The molecule has 3 aromatic rings. The van der Waals surface area contributed by atoms with E-state index in [2.05, 4.69) is 15.5 Å². The molecule has 8 nitrogen and oxygen atoms in total. The summed E-state index contributed by atoms with van der Waals surface area (Å²) in [7, 11) is 0. The highest BCUT2D eigenvalue weighted by atomic mass is 19.4. The number of amides is 1. The number of hydrogen-bond donors (Lipinski definition) is 2. The molecule has 1 amide bonds. The Morgan fingerprint density at radius 1 is 1.18 bits per heavy atom. The molecule has 146 valence electrons. The molecule has 0 radical (unpaired) electrons. The number of aromatic nitrogens is 4. The van der Waals surface area contributed by atoms with Gasteiger partial charge < -0.3 is 10.4 Å². The number of carboxylic acid groups (broad SMARTS) is 1. The summed E-state index contributed by atoms with van der Waals surface area (Å²) in [6.45, 7) is -0.104. The van der Waals surface area contributed by atoms with E-state index >= 15 is 0 Å². The molecule has 0 unspecified atom stereocenters. The normalized spacial score (nSPS) is 11.4. The number of halogens is 3. The van der Waals surface area contributed by atoms with Crippen molar-refractivity contribution in [3.05, 3.63) is 65.7 Å². The van der Waals surface area contributed by atoms with Crippen molar-refractivity contribution in [2.45, 2.75) is 19.3 Å². The van der Waals surface area contributed by atoms with E-state index in [0.29, 0.717) is 11.3 Å². The molecule has 0 aliphatic carbocycles. The first-order chi connectivity index (χ1) is 13.2. The number of nitrogens with zero attached hydrogens (tertiary/aromatic N) is 4. The average Bonchev–Trinajstić information content (AvgIpc) is 3.24. The van der Waals surface area contributed by atoms with E-state index < -0.39 is 23.6 Å². The van der Waals surface area contributed by atoms with Gasteiger partial charge in [-0.15, -0.1) is 0 Å². The highest BCUT2D eigenvalue weighted by molar-refractivity contribution is 5.90. The van der Waals surface area contributed by atoms with Gasteiger partial charge in [-0.1, -0.05) is 12.1 Å². The van der Waals surface area contributed by atoms with Gasteiger partial charge in [-0.25, -0.2) is 4.79 Å². The second kappa shape index (κ2) is 7.55. The predicted molar refractivity (Wildman–Crippen MR) is 90.6 cm³/mol. The summed E-state index contributed by atoms with van der Waals surface area (Å²) < 4.78 is 40.9. The molecular formula is C17H14F3N5O3. The molecule has 0 saturated heterocycles. The second-order valence-electron chi connectivity index (χ2n) is 5.88. The maximum absolute atomic E-state index is 12.8. The molecule has 0 aliphatic heterocycles. The van der Waals surface area contributed by atoms with E-state index in [9.17, 15) is 22.8 Å². The van der Waals surface area contributed by atoms with E-state index in [1.807, 2.05) is 0 Å². The number of carbonyl (C=O) groups is 2. The summed E-state index contributed by atoms with van der Waals surface area (Å²) in [5.41, 5.74) is -0.163. The van der Waals surface area contributed by atoms with Crippen LogP contribution >= 0.6 is 0 Å². The molecule has 3 rings (SSSR count). The monoisotopic (exact) mass is 393 g/mol. The number of carbonyl (C=O) groups excluding carboxylic acids is 1. The van der Waals surface area contributed by atoms with Gasteiger partial charge >= 0.3 is 12.1 Å². The van der Waals surface area contributed by atoms with E-state index in [4.69, 9.17) is 5.11 Å². The van der Waals surface area contributed by atoms with Crippen LogP contribution in [0.15, 0.2) is 48.9 Å². The number of carboxylic acids is 1. The van der Waals surface area contributed by atoms with Crippen molar-refractivity contribution in [1.82, 2.24) is 19.6 Å². The molecule has 0 atom stereocenters. The molecule has 0 bridgehead atoms. The fraction of sp³-hybridized carbons (Fsp3) is 0.176. The lowest BCUT2D eigenvalue weighted by molar-refractivity contribution is -0.137. The van der Waals surface area contributed by atoms with Crippen LogP contribution in [0.4, 0.5) is 18.9 Å². The Hall–Kier alpha value is -3.63. The summed E-state index contributed by atoms with van der Waals surface area (Å²) in [4.78, 5) is 22.8. The zero-order chi connectivity index (χ0) is 20.3. The highest BCUT2D eigenvalue weighted by Crippen LogP contribution is 2.29. The average molecular weight is 393 g/mol. The van der Waals surface area contributed by atoms with Gasteiger partial charge in [0.15, 0.2) is 5.69 Å². The van der Waals surface area contributed by atoms with Gasteiger partial charge in [-0.3, -0.25) is 14.2 Å². The quantitative estimate of drug-likeness (QED) is 0.670. The van der Waals surface area contributed by atoms with Crippen LogP contribution in [0.25, 0.3) is 0 Å². The number of aromatic carboxylic acids is 1. The van der Waals surface area contributed by atoms with Crippen LogP contribution in [-0.4, -0.2) is 36.5 Å². The molecule has 1 aromatic carbocycles. The Morgan fingerprint density at radius 3 is 2.64 bits per heavy atom. The molecule has 0 fully saturated rings. The van der Waals surface area contributed by atoms with Crippen molar-refractivity contribution in [1.29, 1.82) is 0 Å².